The molecule has 0 fully saturated rings. The van der Waals surface area contributed by atoms with E-state index >= 15 is 0 Å². The lowest BCUT2D eigenvalue weighted by Crippen LogP contribution is -2.29. The molecule has 0 atom stereocenters. The van der Waals surface area contributed by atoms with Crippen LogP contribution in [0.1, 0.15) is 16.2 Å². The maximum atomic E-state index is 11.7. The van der Waals surface area contributed by atoms with Crippen LogP contribution in [0.4, 0.5) is 10.5 Å². The summed E-state index contributed by atoms with van der Waals surface area (Å²) in [7, 11) is 1.84. The minimum absolute atomic E-state index is 0.170. The maximum absolute atomic E-state index is 11.7. The van der Waals surface area contributed by atoms with Crippen molar-refractivity contribution >= 4 is 17.7 Å². The van der Waals surface area contributed by atoms with Crippen LogP contribution < -0.4 is 10.6 Å². The summed E-state index contributed by atoms with van der Waals surface area (Å²) in [5.41, 5.74) is 0.691. The third kappa shape index (κ3) is 3.35. The van der Waals surface area contributed by atoms with Crippen molar-refractivity contribution in [3.8, 4) is 0 Å². The lowest BCUT2D eigenvalue weighted by atomic mass is 10.2. The number of imidazole rings is 1. The quantitative estimate of drug-likeness (QED) is 0.786. The van der Waals surface area contributed by atoms with E-state index in [0.717, 1.165) is 5.82 Å². The minimum Gasteiger partial charge on any atom is -0.478 e. The number of aryl methyl sites for hydroxylation is 1. The van der Waals surface area contributed by atoms with E-state index in [0.29, 0.717) is 12.2 Å². The fraction of sp³-hybridized carbons (Fsp3) is 0.154. The van der Waals surface area contributed by atoms with Gasteiger partial charge in [0.1, 0.15) is 5.82 Å². The molecule has 0 unspecified atom stereocenters. The van der Waals surface area contributed by atoms with Crippen molar-refractivity contribution in [1.29, 1.82) is 0 Å². The van der Waals surface area contributed by atoms with Crippen molar-refractivity contribution in [1.82, 2.24) is 14.9 Å². The van der Waals surface area contributed by atoms with Gasteiger partial charge in [0.25, 0.3) is 0 Å². The number of aromatic nitrogens is 2. The van der Waals surface area contributed by atoms with Crippen LogP contribution in [-0.2, 0) is 13.6 Å². The van der Waals surface area contributed by atoms with E-state index in [4.69, 9.17) is 5.11 Å². The second-order valence-corrected chi connectivity index (χ2v) is 4.14. The number of carbonyl (C=O) groups excluding carboxylic acids is 1. The molecule has 1 aromatic heterocycles. The van der Waals surface area contributed by atoms with E-state index in [-0.39, 0.29) is 11.6 Å². The minimum atomic E-state index is -1.00. The number of nitrogens with zero attached hydrogens (tertiary/aromatic N) is 2. The zero-order valence-electron chi connectivity index (χ0n) is 10.8. The topological polar surface area (TPSA) is 96.3 Å². The SMILES string of the molecule is Cn1ccnc1CNC(=O)Nc1ccc(C(=O)O)cc1. The molecule has 0 aliphatic carbocycles. The smallest absolute Gasteiger partial charge is 0.335 e. The maximum Gasteiger partial charge on any atom is 0.335 e. The van der Waals surface area contributed by atoms with Gasteiger partial charge in [0, 0.05) is 25.1 Å². The number of rotatable bonds is 4. The Bertz CT molecular complexity index is 619. The predicted molar refractivity (Wildman–Crippen MR) is 72.5 cm³/mol. The molecule has 7 nitrogen and oxygen atoms in total. The number of anilines is 1. The van der Waals surface area contributed by atoms with Gasteiger partial charge in [-0.05, 0) is 24.3 Å². The molecule has 104 valence electrons. The number of carboxylic acid groups (broad SMARTS) is 1. The molecule has 0 radical (unpaired) electrons. The highest BCUT2D eigenvalue weighted by Crippen LogP contribution is 2.09. The molecule has 1 aromatic carbocycles. The third-order valence-electron chi connectivity index (χ3n) is 2.72. The Labute approximate surface area is 115 Å². The number of aromatic carboxylic acids is 1. The Morgan fingerprint density at radius 2 is 2.00 bits per heavy atom. The number of hydrogen-bond donors (Lipinski definition) is 3. The Morgan fingerprint density at radius 3 is 2.55 bits per heavy atom. The van der Waals surface area contributed by atoms with Crippen molar-refractivity contribution in [2.45, 2.75) is 6.54 Å². The largest absolute Gasteiger partial charge is 0.478 e. The van der Waals surface area contributed by atoms with Gasteiger partial charge in [0.2, 0.25) is 0 Å². The standard InChI is InChI=1S/C13H14N4O3/c1-17-7-6-14-11(17)8-15-13(20)16-10-4-2-9(3-5-10)12(18)19/h2-7H,8H2,1H3,(H,18,19)(H2,15,16,20). The van der Waals surface area contributed by atoms with Crippen molar-refractivity contribution in [2.75, 3.05) is 5.32 Å². The summed E-state index contributed by atoms with van der Waals surface area (Å²) in [5.74, 6) is -0.267. The van der Waals surface area contributed by atoms with Crippen LogP contribution in [0.15, 0.2) is 36.7 Å². The molecule has 7 heteroatoms. The van der Waals surface area contributed by atoms with Crippen LogP contribution in [0.25, 0.3) is 0 Å². The molecule has 2 aromatic rings. The Kier molecular flexibility index (Phi) is 3.99. The van der Waals surface area contributed by atoms with Crippen molar-refractivity contribution in [3.05, 3.63) is 48.0 Å². The van der Waals surface area contributed by atoms with Gasteiger partial charge < -0.3 is 20.3 Å². The number of carbonyl (C=O) groups is 2. The molecule has 0 bridgehead atoms. The zero-order chi connectivity index (χ0) is 14.5. The molecule has 2 rings (SSSR count). The monoisotopic (exact) mass is 274 g/mol. The molecule has 0 saturated heterocycles. The fourth-order valence-electron chi connectivity index (χ4n) is 1.60. The number of benzene rings is 1. The first kappa shape index (κ1) is 13.6. The van der Waals surface area contributed by atoms with Gasteiger partial charge in [-0.1, -0.05) is 0 Å². The molecule has 0 saturated carbocycles. The van der Waals surface area contributed by atoms with E-state index in [9.17, 15) is 9.59 Å². The van der Waals surface area contributed by atoms with Gasteiger partial charge in [-0.2, -0.15) is 0 Å². The molecule has 20 heavy (non-hydrogen) atoms. The Hall–Kier alpha value is -2.83. The lowest BCUT2D eigenvalue weighted by molar-refractivity contribution is 0.0697. The molecule has 0 aliphatic heterocycles. The fourth-order valence-corrected chi connectivity index (χ4v) is 1.60. The summed E-state index contributed by atoms with van der Waals surface area (Å²) in [6.07, 6.45) is 3.44. The van der Waals surface area contributed by atoms with Gasteiger partial charge >= 0.3 is 12.0 Å². The number of amides is 2. The lowest BCUT2D eigenvalue weighted by Gasteiger charge is -2.07. The molecule has 3 N–H and O–H groups in total. The average molecular weight is 274 g/mol. The van der Waals surface area contributed by atoms with Crippen molar-refractivity contribution in [2.24, 2.45) is 7.05 Å². The Balaban J connectivity index is 1.88. The second kappa shape index (κ2) is 5.87. The van der Waals surface area contributed by atoms with E-state index in [2.05, 4.69) is 15.6 Å². The average Bonchev–Trinajstić information content (AvgIpc) is 2.82. The van der Waals surface area contributed by atoms with Gasteiger partial charge in [0.15, 0.2) is 0 Å². The molecule has 0 spiro atoms. The highest BCUT2D eigenvalue weighted by Gasteiger charge is 2.05. The summed E-state index contributed by atoms with van der Waals surface area (Å²) in [5, 5.41) is 14.0. The van der Waals surface area contributed by atoms with Crippen molar-refractivity contribution in [3.63, 3.8) is 0 Å². The van der Waals surface area contributed by atoms with Crippen LogP contribution in [0.3, 0.4) is 0 Å². The summed E-state index contributed by atoms with van der Waals surface area (Å²) in [6, 6.07) is 5.54. The molecule has 1 heterocycles. The summed E-state index contributed by atoms with van der Waals surface area (Å²) >= 11 is 0. The Morgan fingerprint density at radius 1 is 1.30 bits per heavy atom. The summed E-state index contributed by atoms with van der Waals surface area (Å²) in [6.45, 7) is 0.308. The first-order valence-electron chi connectivity index (χ1n) is 5.90. The van der Waals surface area contributed by atoms with E-state index in [1.165, 1.54) is 24.3 Å². The van der Waals surface area contributed by atoms with E-state index in [1.54, 1.807) is 12.4 Å². The normalized spacial score (nSPS) is 10.1. The first-order chi connectivity index (χ1) is 9.56. The molecule has 0 aliphatic rings. The van der Waals surface area contributed by atoms with E-state index < -0.39 is 5.97 Å². The summed E-state index contributed by atoms with van der Waals surface area (Å²) < 4.78 is 1.81. The van der Waals surface area contributed by atoms with Gasteiger partial charge in [-0.3, -0.25) is 0 Å². The van der Waals surface area contributed by atoms with Crippen LogP contribution in [0.2, 0.25) is 0 Å². The number of urea groups is 1. The number of nitrogens with one attached hydrogen (secondary N) is 2. The van der Waals surface area contributed by atoms with Crippen LogP contribution in [-0.4, -0.2) is 26.7 Å². The van der Waals surface area contributed by atoms with E-state index in [1.807, 2.05) is 11.6 Å². The number of carboxylic acids is 1. The van der Waals surface area contributed by atoms with Crippen LogP contribution in [0.5, 0.6) is 0 Å². The van der Waals surface area contributed by atoms with Crippen LogP contribution >= 0.6 is 0 Å². The highest BCUT2D eigenvalue weighted by molar-refractivity contribution is 5.91. The predicted octanol–water partition coefficient (Wildman–Crippen LogP) is 1.44. The summed E-state index contributed by atoms with van der Waals surface area (Å²) in [4.78, 5) is 26.4. The van der Waals surface area contributed by atoms with Crippen molar-refractivity contribution < 1.29 is 14.7 Å². The van der Waals surface area contributed by atoms with Gasteiger partial charge in [-0.15, -0.1) is 0 Å². The third-order valence-corrected chi connectivity index (χ3v) is 2.72. The zero-order valence-corrected chi connectivity index (χ0v) is 10.8. The molecular formula is C13H14N4O3. The van der Waals surface area contributed by atoms with Crippen LogP contribution in [0, 0.1) is 0 Å². The molecule has 2 amide bonds. The second-order valence-electron chi connectivity index (χ2n) is 4.14. The first-order valence-corrected chi connectivity index (χ1v) is 5.90. The highest BCUT2D eigenvalue weighted by atomic mass is 16.4. The molecular weight excluding hydrogens is 260 g/mol. The van der Waals surface area contributed by atoms with Gasteiger partial charge in [-0.25, -0.2) is 14.6 Å². The van der Waals surface area contributed by atoms with Gasteiger partial charge in [0.05, 0.1) is 12.1 Å². The number of hydrogen-bond acceptors (Lipinski definition) is 3.